The molecule has 28 heavy (non-hydrogen) atoms. The van der Waals surface area contributed by atoms with E-state index < -0.39 is 0 Å². The molecule has 2 fully saturated rings. The van der Waals surface area contributed by atoms with Gasteiger partial charge in [-0.05, 0) is 12.1 Å². The summed E-state index contributed by atoms with van der Waals surface area (Å²) in [7, 11) is 0. The number of aromatic nitrogens is 2. The molecule has 3 heterocycles. The van der Waals surface area contributed by atoms with Crippen molar-refractivity contribution in [1.29, 1.82) is 0 Å². The number of aliphatic hydroxyl groups excluding tert-OH is 1. The van der Waals surface area contributed by atoms with Crippen molar-refractivity contribution in [2.45, 2.75) is 12.6 Å². The summed E-state index contributed by atoms with van der Waals surface area (Å²) in [6.07, 6.45) is -0.330. The van der Waals surface area contributed by atoms with Gasteiger partial charge in [-0.3, -0.25) is 19.5 Å². The second-order valence-corrected chi connectivity index (χ2v) is 7.67. The highest BCUT2D eigenvalue weighted by Crippen LogP contribution is 2.10. The standard InChI is InChI=1S/C20H29N5O3/c26-16(14-25-9-11-28-12-10-25)13-23-5-7-24(8-6-23)15-19-21-18-4-2-1-3-17(18)20(27)22-19/h1-4,16,26H,5-15H2,(H,21,22,27). The first kappa shape index (κ1) is 19.5. The predicted molar refractivity (Wildman–Crippen MR) is 107 cm³/mol. The molecule has 1 aromatic carbocycles. The molecule has 0 bridgehead atoms. The Morgan fingerprint density at radius 3 is 2.39 bits per heavy atom. The third kappa shape index (κ3) is 4.95. The first-order valence-electron chi connectivity index (χ1n) is 10.1. The topological polar surface area (TPSA) is 84.9 Å². The number of morpholine rings is 1. The third-order valence-corrected chi connectivity index (χ3v) is 5.54. The number of fused-ring (bicyclic) bond motifs is 1. The van der Waals surface area contributed by atoms with Gasteiger partial charge >= 0.3 is 0 Å². The van der Waals surface area contributed by atoms with Crippen LogP contribution in [-0.4, -0.2) is 101 Å². The maximum atomic E-state index is 12.2. The van der Waals surface area contributed by atoms with Crippen LogP contribution in [0.5, 0.6) is 0 Å². The summed E-state index contributed by atoms with van der Waals surface area (Å²) in [5.74, 6) is 0.713. The van der Waals surface area contributed by atoms with Gasteiger partial charge in [0.2, 0.25) is 0 Å². The van der Waals surface area contributed by atoms with Crippen molar-refractivity contribution in [3.8, 4) is 0 Å². The number of aliphatic hydroxyl groups is 1. The van der Waals surface area contributed by atoms with Gasteiger partial charge in [-0.15, -0.1) is 0 Å². The number of piperazine rings is 1. The van der Waals surface area contributed by atoms with Crippen LogP contribution in [0.2, 0.25) is 0 Å². The number of hydrogen-bond acceptors (Lipinski definition) is 7. The highest BCUT2D eigenvalue weighted by molar-refractivity contribution is 5.77. The zero-order chi connectivity index (χ0) is 19.3. The van der Waals surface area contributed by atoms with Gasteiger partial charge in [0.25, 0.3) is 5.56 Å². The van der Waals surface area contributed by atoms with Gasteiger partial charge in [0.15, 0.2) is 0 Å². The molecule has 2 aliphatic heterocycles. The fourth-order valence-corrected chi connectivity index (χ4v) is 3.99. The summed E-state index contributed by atoms with van der Waals surface area (Å²) in [6.45, 7) is 9.03. The summed E-state index contributed by atoms with van der Waals surface area (Å²) < 4.78 is 5.36. The molecule has 8 nitrogen and oxygen atoms in total. The summed E-state index contributed by atoms with van der Waals surface area (Å²) in [6, 6.07) is 7.43. The van der Waals surface area contributed by atoms with E-state index in [9.17, 15) is 9.90 Å². The summed E-state index contributed by atoms with van der Waals surface area (Å²) >= 11 is 0. The van der Waals surface area contributed by atoms with Crippen LogP contribution >= 0.6 is 0 Å². The smallest absolute Gasteiger partial charge is 0.258 e. The minimum atomic E-state index is -0.330. The van der Waals surface area contributed by atoms with Crippen LogP contribution in [0, 0.1) is 0 Å². The summed E-state index contributed by atoms with van der Waals surface area (Å²) in [5, 5.41) is 11.0. The maximum Gasteiger partial charge on any atom is 0.258 e. The van der Waals surface area contributed by atoms with Crippen molar-refractivity contribution >= 4 is 10.9 Å². The van der Waals surface area contributed by atoms with Crippen LogP contribution in [0.15, 0.2) is 29.1 Å². The average Bonchev–Trinajstić information content (AvgIpc) is 2.70. The molecule has 0 aliphatic carbocycles. The first-order valence-corrected chi connectivity index (χ1v) is 10.1. The number of β-amino-alcohol motifs (C(OH)–C–C–N with tert-alkyl or cyclic N) is 1. The third-order valence-electron chi connectivity index (χ3n) is 5.54. The zero-order valence-electron chi connectivity index (χ0n) is 16.2. The Morgan fingerprint density at radius 1 is 1.00 bits per heavy atom. The molecule has 152 valence electrons. The van der Waals surface area contributed by atoms with Gasteiger partial charge < -0.3 is 14.8 Å². The van der Waals surface area contributed by atoms with Crippen molar-refractivity contribution < 1.29 is 9.84 Å². The van der Waals surface area contributed by atoms with E-state index in [1.807, 2.05) is 18.2 Å². The maximum absolute atomic E-state index is 12.2. The van der Waals surface area contributed by atoms with Gasteiger partial charge in [-0.1, -0.05) is 12.1 Å². The Hall–Kier alpha value is -1.84. The molecule has 4 rings (SSSR count). The van der Waals surface area contributed by atoms with Gasteiger partial charge in [0.05, 0.1) is 36.8 Å². The zero-order valence-corrected chi connectivity index (χ0v) is 16.2. The van der Waals surface area contributed by atoms with Crippen molar-refractivity contribution in [1.82, 2.24) is 24.7 Å². The number of rotatable bonds is 6. The molecule has 0 saturated carbocycles. The molecule has 1 unspecified atom stereocenters. The van der Waals surface area contributed by atoms with E-state index in [-0.39, 0.29) is 11.7 Å². The fourth-order valence-electron chi connectivity index (χ4n) is 3.99. The Morgan fingerprint density at radius 2 is 1.64 bits per heavy atom. The minimum Gasteiger partial charge on any atom is -0.390 e. The highest BCUT2D eigenvalue weighted by atomic mass is 16.5. The number of nitrogens with zero attached hydrogens (tertiary/aromatic N) is 4. The monoisotopic (exact) mass is 387 g/mol. The van der Waals surface area contributed by atoms with Gasteiger partial charge in [0.1, 0.15) is 5.82 Å². The van der Waals surface area contributed by atoms with Gasteiger partial charge in [0, 0.05) is 52.4 Å². The molecule has 2 aliphatic rings. The van der Waals surface area contributed by atoms with Crippen molar-refractivity contribution in [2.75, 3.05) is 65.6 Å². The molecule has 2 aromatic rings. The van der Waals surface area contributed by atoms with E-state index >= 15 is 0 Å². The molecule has 1 aromatic heterocycles. The molecular weight excluding hydrogens is 358 g/mol. The van der Waals surface area contributed by atoms with Gasteiger partial charge in [-0.25, -0.2) is 4.98 Å². The fraction of sp³-hybridized carbons (Fsp3) is 0.600. The molecule has 2 saturated heterocycles. The Balaban J connectivity index is 1.25. The van der Waals surface area contributed by atoms with Crippen LogP contribution in [0.3, 0.4) is 0 Å². The Kier molecular flexibility index (Phi) is 6.33. The lowest BCUT2D eigenvalue weighted by Crippen LogP contribution is -2.50. The van der Waals surface area contributed by atoms with Crippen molar-refractivity contribution in [2.24, 2.45) is 0 Å². The van der Waals surface area contributed by atoms with E-state index in [0.29, 0.717) is 30.8 Å². The summed E-state index contributed by atoms with van der Waals surface area (Å²) in [5.41, 5.74) is 0.664. The number of ether oxygens (including phenoxy) is 1. The molecule has 2 N–H and O–H groups in total. The van der Waals surface area contributed by atoms with E-state index in [2.05, 4.69) is 24.7 Å². The van der Waals surface area contributed by atoms with Gasteiger partial charge in [-0.2, -0.15) is 0 Å². The molecule has 8 heteroatoms. The molecule has 1 atom stereocenters. The van der Waals surface area contributed by atoms with E-state index in [1.54, 1.807) is 6.07 Å². The van der Waals surface area contributed by atoms with Crippen molar-refractivity contribution in [3.63, 3.8) is 0 Å². The number of para-hydroxylation sites is 1. The van der Waals surface area contributed by atoms with E-state index in [0.717, 1.165) is 58.0 Å². The SMILES string of the molecule is O=c1[nH]c(CN2CCN(CC(O)CN3CCOCC3)CC2)nc2ccccc12. The lowest BCUT2D eigenvalue weighted by Gasteiger charge is -2.36. The highest BCUT2D eigenvalue weighted by Gasteiger charge is 2.22. The second-order valence-electron chi connectivity index (χ2n) is 7.67. The lowest BCUT2D eigenvalue weighted by molar-refractivity contribution is 0.00208. The number of benzene rings is 1. The predicted octanol–water partition coefficient (Wildman–Crippen LogP) is -0.266. The average molecular weight is 387 g/mol. The Labute approximate surface area is 164 Å². The summed E-state index contributed by atoms with van der Waals surface area (Å²) in [4.78, 5) is 26.6. The van der Waals surface area contributed by atoms with Crippen LogP contribution < -0.4 is 5.56 Å². The van der Waals surface area contributed by atoms with E-state index in [4.69, 9.17) is 4.74 Å². The number of hydrogen-bond donors (Lipinski definition) is 2. The van der Waals surface area contributed by atoms with E-state index in [1.165, 1.54) is 0 Å². The first-order chi connectivity index (χ1) is 13.7. The molecular formula is C20H29N5O3. The van der Waals surface area contributed by atoms with Crippen LogP contribution in [-0.2, 0) is 11.3 Å². The molecule has 0 radical (unpaired) electrons. The van der Waals surface area contributed by atoms with Crippen LogP contribution in [0.4, 0.5) is 0 Å². The number of aromatic amines is 1. The van der Waals surface area contributed by atoms with Crippen molar-refractivity contribution in [3.05, 3.63) is 40.4 Å². The largest absolute Gasteiger partial charge is 0.390 e. The minimum absolute atomic E-state index is 0.0783. The number of nitrogens with one attached hydrogen (secondary N) is 1. The van der Waals surface area contributed by atoms with Crippen LogP contribution in [0.1, 0.15) is 5.82 Å². The normalized spacial score (nSPS) is 21.2. The Bertz CT molecular complexity index is 828. The molecule has 0 amide bonds. The lowest BCUT2D eigenvalue weighted by atomic mass is 10.2. The number of H-pyrrole nitrogens is 1. The molecule has 0 spiro atoms. The second kappa shape index (κ2) is 9.11. The quantitative estimate of drug-likeness (QED) is 0.706. The van der Waals surface area contributed by atoms with Crippen LogP contribution in [0.25, 0.3) is 10.9 Å².